The summed E-state index contributed by atoms with van der Waals surface area (Å²) in [7, 11) is 1.44. The molecule has 0 aliphatic carbocycles. The molecule has 2 heterocycles. The number of carboxylic acid groups (broad SMARTS) is 1. The first-order valence-electron chi connectivity index (χ1n) is 11.0. The molecule has 2 unspecified atom stereocenters. The summed E-state index contributed by atoms with van der Waals surface area (Å²) in [6.45, 7) is 5.89. The average molecular weight is 515 g/mol. The second-order valence-electron chi connectivity index (χ2n) is 8.61. The molecule has 2 aromatic carbocycles. The van der Waals surface area contributed by atoms with E-state index >= 15 is 0 Å². The van der Waals surface area contributed by atoms with Crippen molar-refractivity contribution in [2.45, 2.75) is 43.7 Å². The number of hydrogen-bond acceptors (Lipinski definition) is 8. The number of nitrogens with zero attached hydrogens (tertiary/aromatic N) is 2. The Hall–Kier alpha value is -3.24. The number of carbonyl (C=O) groups is 2. The third kappa shape index (κ3) is 4.81. The number of phenols is 2. The van der Waals surface area contributed by atoms with Crippen molar-refractivity contribution in [1.29, 1.82) is 0 Å². The van der Waals surface area contributed by atoms with Crippen LogP contribution < -0.4 is 9.64 Å². The molecule has 8 nitrogen and oxygen atoms in total. The highest BCUT2D eigenvalue weighted by Crippen LogP contribution is 2.49. The zero-order chi connectivity index (χ0) is 25.4. The number of thioether (sulfide) groups is 1. The second-order valence-corrected chi connectivity index (χ2v) is 10.7. The maximum Gasteiger partial charge on any atom is 0.305 e. The van der Waals surface area contributed by atoms with E-state index in [4.69, 9.17) is 9.72 Å². The van der Waals surface area contributed by atoms with Gasteiger partial charge in [0.2, 0.25) is 5.91 Å². The molecule has 1 amide bonds. The first-order valence-corrected chi connectivity index (χ1v) is 12.8. The summed E-state index contributed by atoms with van der Waals surface area (Å²) >= 11 is 2.53. The molecule has 1 aliphatic heterocycles. The van der Waals surface area contributed by atoms with Crippen molar-refractivity contribution in [2.75, 3.05) is 12.0 Å². The number of aryl methyl sites for hydroxylation is 1. The lowest BCUT2D eigenvalue weighted by Gasteiger charge is -2.22. The molecule has 1 saturated heterocycles. The molecule has 3 N–H and O–H groups in total. The largest absolute Gasteiger partial charge is 0.508 e. The van der Waals surface area contributed by atoms with Gasteiger partial charge in [0.25, 0.3) is 0 Å². The molecule has 0 radical (unpaired) electrons. The fraction of sp³-hybridized carbons (Fsp3) is 0.320. The number of rotatable bonds is 7. The Morgan fingerprint density at radius 2 is 1.94 bits per heavy atom. The molecule has 0 bridgehead atoms. The van der Waals surface area contributed by atoms with E-state index in [1.165, 1.54) is 41.2 Å². The minimum absolute atomic E-state index is 0.0282. The lowest BCUT2D eigenvalue weighted by molar-refractivity contribution is -0.138. The zero-order valence-electron chi connectivity index (χ0n) is 19.7. The molecule has 10 heteroatoms. The van der Waals surface area contributed by atoms with Crippen LogP contribution in [0.3, 0.4) is 0 Å². The lowest BCUT2D eigenvalue weighted by atomic mass is 9.95. The van der Waals surface area contributed by atoms with Gasteiger partial charge < -0.3 is 20.1 Å². The minimum Gasteiger partial charge on any atom is -0.508 e. The zero-order valence-corrected chi connectivity index (χ0v) is 21.3. The Bertz CT molecular complexity index is 1290. The Morgan fingerprint density at radius 3 is 2.60 bits per heavy atom. The predicted octanol–water partition coefficient (Wildman–Crippen LogP) is 5.28. The number of methoxy groups -OCH3 is 1. The van der Waals surface area contributed by atoms with Gasteiger partial charge in [-0.2, -0.15) is 0 Å². The molecule has 184 valence electrons. The van der Waals surface area contributed by atoms with Crippen molar-refractivity contribution in [3.05, 3.63) is 52.4 Å². The van der Waals surface area contributed by atoms with Gasteiger partial charge in [0.05, 0.1) is 24.5 Å². The quantitative estimate of drug-likeness (QED) is 0.389. The van der Waals surface area contributed by atoms with E-state index < -0.39 is 16.6 Å². The molecule has 2 atom stereocenters. The SMILES string of the molecule is COc1cc(C2SC(CC(=O)O)C(=O)N2c2nc(-c3cc(C(C)C)c(O)cc3C)cs2)ccc1O. The fourth-order valence-corrected chi connectivity index (χ4v) is 6.39. The van der Waals surface area contributed by atoms with Crippen LogP contribution in [0.25, 0.3) is 11.3 Å². The smallest absolute Gasteiger partial charge is 0.305 e. The van der Waals surface area contributed by atoms with Crippen LogP contribution in [0.5, 0.6) is 17.2 Å². The van der Waals surface area contributed by atoms with Crippen LogP contribution in [0, 0.1) is 6.92 Å². The predicted molar refractivity (Wildman–Crippen MR) is 137 cm³/mol. The van der Waals surface area contributed by atoms with E-state index in [2.05, 4.69) is 0 Å². The number of hydrogen-bond donors (Lipinski definition) is 3. The van der Waals surface area contributed by atoms with Gasteiger partial charge in [-0.25, -0.2) is 4.98 Å². The second kappa shape index (κ2) is 9.79. The summed E-state index contributed by atoms with van der Waals surface area (Å²) in [6.07, 6.45) is -0.307. The molecular formula is C25H26N2O6S2. The number of amides is 1. The van der Waals surface area contributed by atoms with Gasteiger partial charge in [-0.05, 0) is 53.8 Å². The Morgan fingerprint density at radius 1 is 1.20 bits per heavy atom. The van der Waals surface area contributed by atoms with Crippen molar-refractivity contribution in [2.24, 2.45) is 0 Å². The fourth-order valence-electron chi connectivity index (χ4n) is 4.06. The molecular weight excluding hydrogens is 488 g/mol. The number of anilines is 1. The number of carboxylic acids is 1. The van der Waals surface area contributed by atoms with Gasteiger partial charge in [0, 0.05) is 10.9 Å². The standard InChI is InChI=1S/C25H26N2O6S2/c1-12(2)15-9-16(13(3)7-19(15)29)17-11-34-25(26-17)27-23(32)21(10-22(30)31)35-24(27)14-5-6-18(28)20(8-14)33-4/h5-9,11-12,21,24,28-29H,10H2,1-4H3,(H,30,31). The highest BCUT2D eigenvalue weighted by atomic mass is 32.2. The van der Waals surface area contributed by atoms with Crippen LogP contribution in [-0.2, 0) is 9.59 Å². The number of carbonyl (C=O) groups excluding carboxylic acids is 1. The molecule has 1 aliphatic rings. The Balaban J connectivity index is 1.76. The van der Waals surface area contributed by atoms with E-state index in [0.29, 0.717) is 16.4 Å². The van der Waals surface area contributed by atoms with Gasteiger partial charge in [0.1, 0.15) is 11.1 Å². The summed E-state index contributed by atoms with van der Waals surface area (Å²) in [4.78, 5) is 31.0. The molecule has 1 aromatic heterocycles. The van der Waals surface area contributed by atoms with Crippen LogP contribution in [0.15, 0.2) is 35.7 Å². The lowest BCUT2D eigenvalue weighted by Crippen LogP contribution is -2.31. The maximum absolute atomic E-state index is 13.3. The normalized spacial score (nSPS) is 17.9. The third-order valence-electron chi connectivity index (χ3n) is 5.86. The highest BCUT2D eigenvalue weighted by Gasteiger charge is 2.44. The van der Waals surface area contributed by atoms with Crippen LogP contribution in [0.2, 0.25) is 0 Å². The third-order valence-corrected chi connectivity index (χ3v) is 8.14. The summed E-state index contributed by atoms with van der Waals surface area (Å²) in [5, 5.41) is 30.6. The van der Waals surface area contributed by atoms with Crippen molar-refractivity contribution in [3.63, 3.8) is 0 Å². The molecule has 0 spiro atoms. The minimum atomic E-state index is -1.06. The number of benzene rings is 2. The number of aromatic nitrogens is 1. The number of aliphatic carboxylic acids is 1. The van der Waals surface area contributed by atoms with Crippen LogP contribution in [-0.4, -0.2) is 44.5 Å². The molecule has 0 saturated carbocycles. The average Bonchev–Trinajstić information content (AvgIpc) is 3.38. The number of thiazole rings is 1. The maximum atomic E-state index is 13.3. The highest BCUT2D eigenvalue weighted by molar-refractivity contribution is 8.01. The summed E-state index contributed by atoms with van der Waals surface area (Å²) < 4.78 is 5.23. The number of aromatic hydroxyl groups is 2. The number of ether oxygens (including phenoxy) is 1. The van der Waals surface area contributed by atoms with E-state index in [-0.39, 0.29) is 35.5 Å². The number of phenolic OH excluding ortho intramolecular Hbond substituents is 2. The summed E-state index contributed by atoms with van der Waals surface area (Å²) in [5.41, 5.74) is 3.88. The van der Waals surface area contributed by atoms with Crippen molar-refractivity contribution in [1.82, 2.24) is 4.98 Å². The van der Waals surface area contributed by atoms with Crippen LogP contribution in [0.4, 0.5) is 5.13 Å². The van der Waals surface area contributed by atoms with Gasteiger partial charge >= 0.3 is 5.97 Å². The van der Waals surface area contributed by atoms with Crippen molar-refractivity contribution < 1.29 is 29.6 Å². The van der Waals surface area contributed by atoms with Gasteiger partial charge in [0.15, 0.2) is 16.6 Å². The Labute approximate surface area is 211 Å². The monoisotopic (exact) mass is 514 g/mol. The van der Waals surface area contributed by atoms with Gasteiger partial charge in [-0.1, -0.05) is 19.9 Å². The van der Waals surface area contributed by atoms with Crippen LogP contribution in [0.1, 0.15) is 48.3 Å². The van der Waals surface area contributed by atoms with Crippen molar-refractivity contribution in [3.8, 4) is 28.5 Å². The first-order chi connectivity index (χ1) is 16.6. The van der Waals surface area contributed by atoms with Crippen molar-refractivity contribution >= 4 is 40.1 Å². The van der Waals surface area contributed by atoms with E-state index in [1.54, 1.807) is 18.2 Å². The summed E-state index contributed by atoms with van der Waals surface area (Å²) in [5.74, 6) is -0.797. The topological polar surface area (TPSA) is 120 Å². The molecule has 1 fully saturated rings. The van der Waals surface area contributed by atoms with E-state index in [9.17, 15) is 24.9 Å². The van der Waals surface area contributed by atoms with E-state index in [1.807, 2.05) is 32.2 Å². The van der Waals surface area contributed by atoms with Gasteiger partial charge in [-0.3, -0.25) is 14.5 Å². The summed E-state index contributed by atoms with van der Waals surface area (Å²) in [6, 6.07) is 8.46. The molecule has 35 heavy (non-hydrogen) atoms. The first kappa shape index (κ1) is 24.9. The molecule has 4 rings (SSSR count). The van der Waals surface area contributed by atoms with Gasteiger partial charge in [-0.15, -0.1) is 23.1 Å². The molecule has 3 aromatic rings. The van der Waals surface area contributed by atoms with Crippen LogP contribution >= 0.6 is 23.1 Å². The Kier molecular flexibility index (Phi) is 6.95. The van der Waals surface area contributed by atoms with E-state index in [0.717, 1.165) is 16.7 Å².